The molecule has 1 aromatic heterocycles. The quantitative estimate of drug-likeness (QED) is 0.674. The van der Waals surface area contributed by atoms with Gasteiger partial charge in [-0.05, 0) is 49.2 Å². The molecule has 1 heterocycles. The van der Waals surface area contributed by atoms with Gasteiger partial charge < -0.3 is 4.98 Å². The van der Waals surface area contributed by atoms with E-state index < -0.39 is 0 Å². The summed E-state index contributed by atoms with van der Waals surface area (Å²) < 4.78 is 1.12. The molecule has 0 saturated carbocycles. The lowest BCUT2D eigenvalue weighted by Gasteiger charge is -1.99. The fourth-order valence-electron chi connectivity index (χ4n) is 2.59. The molecule has 2 heteroatoms. The summed E-state index contributed by atoms with van der Waals surface area (Å²) in [5.41, 5.74) is 6.49. The van der Waals surface area contributed by atoms with Crippen molar-refractivity contribution in [2.45, 2.75) is 20.3 Å². The highest BCUT2D eigenvalue weighted by molar-refractivity contribution is 9.10. The summed E-state index contributed by atoms with van der Waals surface area (Å²) in [6.07, 6.45) is 0.945. The number of halogens is 1. The Morgan fingerprint density at radius 1 is 1.00 bits per heavy atom. The van der Waals surface area contributed by atoms with Crippen molar-refractivity contribution in [1.29, 1.82) is 0 Å². The van der Waals surface area contributed by atoms with Crippen LogP contribution < -0.4 is 0 Å². The second kappa shape index (κ2) is 4.86. The number of benzene rings is 2. The van der Waals surface area contributed by atoms with E-state index in [0.717, 1.165) is 10.9 Å². The van der Waals surface area contributed by atoms with Crippen LogP contribution in [-0.4, -0.2) is 4.98 Å². The van der Waals surface area contributed by atoms with Crippen LogP contribution in [0.2, 0.25) is 0 Å². The molecule has 19 heavy (non-hydrogen) atoms. The highest BCUT2D eigenvalue weighted by Gasteiger charge is 2.05. The normalized spacial score (nSPS) is 11.1. The van der Waals surface area contributed by atoms with Gasteiger partial charge in [-0.1, -0.05) is 39.7 Å². The van der Waals surface area contributed by atoms with Gasteiger partial charge in [0.1, 0.15) is 0 Å². The van der Waals surface area contributed by atoms with E-state index in [9.17, 15) is 0 Å². The SMILES string of the molecule is Cc1cc(C)c2[nH]c(Cc3ccc(Br)cc3)cc2c1. The zero-order chi connectivity index (χ0) is 13.4. The topological polar surface area (TPSA) is 15.8 Å². The van der Waals surface area contributed by atoms with Crippen LogP contribution in [-0.2, 0) is 6.42 Å². The van der Waals surface area contributed by atoms with E-state index in [1.807, 2.05) is 0 Å². The van der Waals surface area contributed by atoms with Crippen molar-refractivity contribution in [3.63, 3.8) is 0 Å². The number of aryl methyl sites for hydroxylation is 2. The third-order valence-corrected chi connectivity index (χ3v) is 3.96. The number of aromatic nitrogens is 1. The van der Waals surface area contributed by atoms with Crippen molar-refractivity contribution >= 4 is 26.8 Å². The summed E-state index contributed by atoms with van der Waals surface area (Å²) >= 11 is 3.47. The Morgan fingerprint density at radius 3 is 2.47 bits per heavy atom. The molecule has 0 radical (unpaired) electrons. The van der Waals surface area contributed by atoms with Crippen LogP contribution in [0.4, 0.5) is 0 Å². The lowest BCUT2D eigenvalue weighted by molar-refractivity contribution is 1.12. The largest absolute Gasteiger partial charge is 0.358 e. The minimum atomic E-state index is 0.945. The fourth-order valence-corrected chi connectivity index (χ4v) is 2.85. The first kappa shape index (κ1) is 12.5. The van der Waals surface area contributed by atoms with Crippen LogP contribution in [0.15, 0.2) is 46.9 Å². The second-order valence-corrected chi connectivity index (χ2v) is 6.06. The molecule has 0 unspecified atom stereocenters. The number of fused-ring (bicyclic) bond motifs is 1. The zero-order valence-electron chi connectivity index (χ0n) is 11.1. The van der Waals surface area contributed by atoms with Gasteiger partial charge in [-0.15, -0.1) is 0 Å². The van der Waals surface area contributed by atoms with Gasteiger partial charge in [0.25, 0.3) is 0 Å². The molecular weight excluding hydrogens is 298 g/mol. The molecule has 1 nitrogen and oxygen atoms in total. The molecule has 0 aliphatic rings. The maximum atomic E-state index is 3.54. The summed E-state index contributed by atoms with van der Waals surface area (Å²) in [6.45, 7) is 4.31. The number of hydrogen-bond donors (Lipinski definition) is 1. The zero-order valence-corrected chi connectivity index (χ0v) is 12.7. The summed E-state index contributed by atoms with van der Waals surface area (Å²) in [4.78, 5) is 3.54. The van der Waals surface area contributed by atoms with E-state index in [1.165, 1.54) is 33.3 Å². The van der Waals surface area contributed by atoms with Crippen molar-refractivity contribution in [1.82, 2.24) is 4.98 Å². The molecule has 96 valence electrons. The minimum Gasteiger partial charge on any atom is -0.358 e. The Kier molecular flexibility index (Phi) is 3.19. The molecule has 0 atom stereocenters. The molecule has 0 fully saturated rings. The predicted octanol–water partition coefficient (Wildman–Crippen LogP) is 5.14. The molecule has 0 aliphatic heterocycles. The standard InChI is InChI=1S/C17H16BrN/c1-11-7-12(2)17-14(8-11)10-16(19-17)9-13-3-5-15(18)6-4-13/h3-8,10,19H,9H2,1-2H3. The first-order valence-electron chi connectivity index (χ1n) is 6.45. The molecule has 0 amide bonds. The van der Waals surface area contributed by atoms with Crippen LogP contribution in [0, 0.1) is 13.8 Å². The Morgan fingerprint density at radius 2 is 1.74 bits per heavy atom. The van der Waals surface area contributed by atoms with Gasteiger partial charge in [-0.25, -0.2) is 0 Å². The molecule has 0 spiro atoms. The highest BCUT2D eigenvalue weighted by Crippen LogP contribution is 2.23. The van der Waals surface area contributed by atoms with Gasteiger partial charge in [-0.3, -0.25) is 0 Å². The third kappa shape index (κ3) is 2.59. The van der Waals surface area contributed by atoms with Crippen LogP contribution in [0.3, 0.4) is 0 Å². The second-order valence-electron chi connectivity index (χ2n) is 5.14. The van der Waals surface area contributed by atoms with Crippen LogP contribution >= 0.6 is 15.9 Å². The smallest absolute Gasteiger partial charge is 0.0486 e. The van der Waals surface area contributed by atoms with Crippen LogP contribution in [0.25, 0.3) is 10.9 Å². The fraction of sp³-hybridized carbons (Fsp3) is 0.176. The first-order valence-corrected chi connectivity index (χ1v) is 7.24. The van der Waals surface area contributed by atoms with E-state index in [2.05, 4.69) is 77.2 Å². The lowest BCUT2D eigenvalue weighted by Crippen LogP contribution is -1.87. The monoisotopic (exact) mass is 313 g/mol. The summed E-state index contributed by atoms with van der Waals surface area (Å²) in [5, 5.41) is 1.31. The number of nitrogens with one attached hydrogen (secondary N) is 1. The van der Waals surface area contributed by atoms with Gasteiger partial charge in [-0.2, -0.15) is 0 Å². The van der Waals surface area contributed by atoms with Gasteiger partial charge in [0.05, 0.1) is 0 Å². The van der Waals surface area contributed by atoms with Crippen molar-refractivity contribution in [2.24, 2.45) is 0 Å². The number of aromatic amines is 1. The molecule has 1 N–H and O–H groups in total. The molecule has 0 saturated heterocycles. The van der Waals surface area contributed by atoms with Crippen molar-refractivity contribution < 1.29 is 0 Å². The van der Waals surface area contributed by atoms with E-state index in [4.69, 9.17) is 0 Å². The maximum absolute atomic E-state index is 3.54. The maximum Gasteiger partial charge on any atom is 0.0486 e. The summed E-state index contributed by atoms with van der Waals surface area (Å²) in [5.74, 6) is 0. The number of H-pyrrole nitrogens is 1. The van der Waals surface area contributed by atoms with Crippen molar-refractivity contribution in [2.75, 3.05) is 0 Å². The Labute approximate surface area is 121 Å². The van der Waals surface area contributed by atoms with Crippen LogP contribution in [0.5, 0.6) is 0 Å². The Balaban J connectivity index is 1.97. The molecule has 3 aromatic rings. The predicted molar refractivity (Wildman–Crippen MR) is 84.7 cm³/mol. The molecule has 3 rings (SSSR count). The molecule has 2 aromatic carbocycles. The number of rotatable bonds is 2. The number of hydrogen-bond acceptors (Lipinski definition) is 0. The molecule has 0 aliphatic carbocycles. The van der Waals surface area contributed by atoms with Crippen LogP contribution in [0.1, 0.15) is 22.4 Å². The summed E-state index contributed by atoms with van der Waals surface area (Å²) in [7, 11) is 0. The van der Waals surface area contributed by atoms with Gasteiger partial charge >= 0.3 is 0 Å². The van der Waals surface area contributed by atoms with E-state index in [-0.39, 0.29) is 0 Å². The van der Waals surface area contributed by atoms with E-state index in [0.29, 0.717) is 0 Å². The average molecular weight is 314 g/mol. The lowest BCUT2D eigenvalue weighted by atomic mass is 10.1. The average Bonchev–Trinajstić information content (AvgIpc) is 2.75. The molecular formula is C17H16BrN. The van der Waals surface area contributed by atoms with Gasteiger partial charge in [0.15, 0.2) is 0 Å². The third-order valence-electron chi connectivity index (χ3n) is 3.43. The van der Waals surface area contributed by atoms with Crippen molar-refractivity contribution in [3.8, 4) is 0 Å². The van der Waals surface area contributed by atoms with Gasteiger partial charge in [0, 0.05) is 27.5 Å². The van der Waals surface area contributed by atoms with Crippen molar-refractivity contribution in [3.05, 3.63) is 69.3 Å². The summed E-state index contributed by atoms with van der Waals surface area (Å²) in [6, 6.07) is 15.2. The van der Waals surface area contributed by atoms with Gasteiger partial charge in [0.2, 0.25) is 0 Å². The Bertz CT molecular complexity index is 723. The van der Waals surface area contributed by atoms with E-state index in [1.54, 1.807) is 0 Å². The molecule has 0 bridgehead atoms. The van der Waals surface area contributed by atoms with E-state index >= 15 is 0 Å². The highest BCUT2D eigenvalue weighted by atomic mass is 79.9. The Hall–Kier alpha value is -1.54. The first-order chi connectivity index (χ1) is 9.11. The minimum absolute atomic E-state index is 0.945.